The molecule has 11 heteroatoms. The second-order valence-corrected chi connectivity index (χ2v) is 5.24. The monoisotopic (exact) mass is 342 g/mol. The van der Waals surface area contributed by atoms with Crippen molar-refractivity contribution in [2.45, 2.75) is 37.6 Å². The molecule has 1 aliphatic rings. The third-order valence-electron chi connectivity index (χ3n) is 3.45. The Bertz CT molecular complexity index is 662. The van der Waals surface area contributed by atoms with Gasteiger partial charge in [0.15, 0.2) is 5.82 Å². The van der Waals surface area contributed by atoms with Crippen LogP contribution in [0.25, 0.3) is 0 Å². The lowest BCUT2D eigenvalue weighted by Gasteiger charge is -2.16. The Morgan fingerprint density at radius 3 is 2.92 bits per heavy atom. The number of nitrogens with zero attached hydrogens (tertiary/aromatic N) is 2. The average molecular weight is 342 g/mol. The largest absolute Gasteiger partial charge is 0.481 e. The van der Waals surface area contributed by atoms with Gasteiger partial charge in [0.05, 0.1) is 12.5 Å². The number of hydrogen-bond acceptors (Lipinski definition) is 9. The summed E-state index contributed by atoms with van der Waals surface area (Å²) in [6.07, 6.45) is 0.970. The molecular weight excluding hydrogens is 324 g/mol. The first-order valence-corrected chi connectivity index (χ1v) is 7.19. The molecule has 2 heterocycles. The number of nitrogens with one attached hydrogen (secondary N) is 1. The molecule has 3 unspecified atom stereocenters. The molecule has 132 valence electrons. The molecule has 0 saturated carbocycles. The van der Waals surface area contributed by atoms with Crippen LogP contribution in [0.15, 0.2) is 17.1 Å². The van der Waals surface area contributed by atoms with Crippen LogP contribution in [0.2, 0.25) is 0 Å². The van der Waals surface area contributed by atoms with Gasteiger partial charge in [-0.1, -0.05) is 0 Å². The standard InChI is InChI=1S/C13H18N4O7/c14-8(5-11(18)19)12(20)23-6-7-1-2-10(24-7)17-4-3-9(16-22)15-13(17)21/h3-4,7-8,10,22H,1-2,5-6,14H2,(H,18,19)(H,15,16,21). The summed E-state index contributed by atoms with van der Waals surface area (Å²) < 4.78 is 11.8. The molecule has 1 aromatic rings. The zero-order chi connectivity index (χ0) is 17.7. The first-order chi connectivity index (χ1) is 11.4. The van der Waals surface area contributed by atoms with Gasteiger partial charge in [0, 0.05) is 6.20 Å². The third kappa shape index (κ3) is 4.50. The number of carboxylic acid groups (broad SMARTS) is 1. The van der Waals surface area contributed by atoms with Crippen LogP contribution in [-0.2, 0) is 19.1 Å². The normalized spacial score (nSPS) is 21.2. The van der Waals surface area contributed by atoms with Crippen molar-refractivity contribution in [3.8, 4) is 0 Å². The predicted octanol–water partition coefficient (Wildman–Crippen LogP) is -0.933. The first-order valence-electron chi connectivity index (χ1n) is 7.19. The average Bonchev–Trinajstić information content (AvgIpc) is 3.00. The minimum absolute atomic E-state index is 0.0205. The molecule has 24 heavy (non-hydrogen) atoms. The smallest absolute Gasteiger partial charge is 0.351 e. The summed E-state index contributed by atoms with van der Waals surface area (Å²) in [5.74, 6) is -1.99. The zero-order valence-corrected chi connectivity index (χ0v) is 12.6. The van der Waals surface area contributed by atoms with E-state index in [2.05, 4.69) is 4.98 Å². The molecule has 3 atom stereocenters. The molecule has 0 radical (unpaired) electrons. The number of carbonyl (C=O) groups excluding carboxylic acids is 1. The highest BCUT2D eigenvalue weighted by Crippen LogP contribution is 2.27. The molecule has 0 spiro atoms. The fourth-order valence-electron chi connectivity index (χ4n) is 2.26. The minimum atomic E-state index is -1.23. The van der Waals surface area contributed by atoms with E-state index < -0.39 is 42.4 Å². The summed E-state index contributed by atoms with van der Waals surface area (Å²) in [5, 5.41) is 17.3. The van der Waals surface area contributed by atoms with E-state index in [-0.39, 0.29) is 12.4 Å². The second-order valence-electron chi connectivity index (χ2n) is 5.24. The van der Waals surface area contributed by atoms with Crippen LogP contribution in [0.3, 0.4) is 0 Å². The summed E-state index contributed by atoms with van der Waals surface area (Å²) in [6, 6.07) is 0.174. The van der Waals surface area contributed by atoms with Crippen LogP contribution in [0.5, 0.6) is 0 Å². The van der Waals surface area contributed by atoms with Crippen LogP contribution in [-0.4, -0.2) is 50.6 Å². The number of aliphatic carboxylic acids is 1. The van der Waals surface area contributed by atoms with Gasteiger partial charge < -0.3 is 20.3 Å². The van der Waals surface area contributed by atoms with Gasteiger partial charge in [-0.2, -0.15) is 4.98 Å². The van der Waals surface area contributed by atoms with Gasteiger partial charge >= 0.3 is 17.6 Å². The predicted molar refractivity (Wildman–Crippen MR) is 78.2 cm³/mol. The fourth-order valence-corrected chi connectivity index (χ4v) is 2.26. The van der Waals surface area contributed by atoms with Crippen molar-refractivity contribution < 1.29 is 29.4 Å². The van der Waals surface area contributed by atoms with Gasteiger partial charge in [-0.25, -0.2) is 4.79 Å². The second kappa shape index (κ2) is 7.86. The molecule has 0 aromatic carbocycles. The molecule has 0 aliphatic carbocycles. The van der Waals surface area contributed by atoms with Gasteiger partial charge in [0.2, 0.25) is 0 Å². The van der Waals surface area contributed by atoms with E-state index in [0.29, 0.717) is 12.8 Å². The number of aromatic nitrogens is 2. The Morgan fingerprint density at radius 2 is 2.29 bits per heavy atom. The maximum Gasteiger partial charge on any atom is 0.351 e. The summed E-state index contributed by atoms with van der Waals surface area (Å²) in [4.78, 5) is 37.4. The number of rotatable bonds is 7. The highest BCUT2D eigenvalue weighted by atomic mass is 16.6. The molecular formula is C13H18N4O7. The summed E-state index contributed by atoms with van der Waals surface area (Å²) in [6.45, 7) is -0.0822. The fraction of sp³-hybridized carbons (Fsp3) is 0.538. The Kier molecular flexibility index (Phi) is 5.84. The Balaban J connectivity index is 1.86. The van der Waals surface area contributed by atoms with Gasteiger partial charge in [-0.3, -0.25) is 24.8 Å². The number of carbonyl (C=O) groups is 2. The van der Waals surface area contributed by atoms with Crippen molar-refractivity contribution in [1.82, 2.24) is 9.55 Å². The number of carboxylic acids is 1. The molecule has 11 nitrogen and oxygen atoms in total. The Morgan fingerprint density at radius 1 is 1.54 bits per heavy atom. The van der Waals surface area contributed by atoms with Crippen molar-refractivity contribution in [2.24, 2.45) is 5.73 Å². The molecule has 1 aliphatic heterocycles. The SMILES string of the molecule is NC(CC(=O)O)C(=O)OCC1CCC(n2ccc(NO)nc2=O)O1. The van der Waals surface area contributed by atoms with Crippen LogP contribution < -0.4 is 16.9 Å². The lowest BCUT2D eigenvalue weighted by molar-refractivity contribution is -0.153. The molecule has 1 fully saturated rings. The van der Waals surface area contributed by atoms with Gasteiger partial charge in [-0.15, -0.1) is 0 Å². The van der Waals surface area contributed by atoms with Crippen molar-refractivity contribution in [3.05, 3.63) is 22.7 Å². The summed E-state index contributed by atoms with van der Waals surface area (Å²) in [7, 11) is 0. The highest BCUT2D eigenvalue weighted by molar-refractivity contribution is 5.81. The Labute approximate surface area is 136 Å². The van der Waals surface area contributed by atoms with Crippen molar-refractivity contribution in [1.29, 1.82) is 0 Å². The third-order valence-corrected chi connectivity index (χ3v) is 3.45. The quantitative estimate of drug-likeness (QED) is 0.359. The minimum Gasteiger partial charge on any atom is -0.481 e. The van der Waals surface area contributed by atoms with Gasteiger partial charge in [-0.05, 0) is 18.9 Å². The van der Waals surface area contributed by atoms with Crippen LogP contribution in [0.1, 0.15) is 25.5 Å². The van der Waals surface area contributed by atoms with E-state index >= 15 is 0 Å². The molecule has 2 rings (SSSR count). The lowest BCUT2D eigenvalue weighted by Crippen LogP contribution is -2.36. The summed E-state index contributed by atoms with van der Waals surface area (Å²) in [5.41, 5.74) is 6.57. The van der Waals surface area contributed by atoms with E-state index in [1.54, 1.807) is 5.48 Å². The van der Waals surface area contributed by atoms with Crippen LogP contribution >= 0.6 is 0 Å². The molecule has 0 amide bonds. The highest BCUT2D eigenvalue weighted by Gasteiger charge is 2.29. The molecule has 1 aromatic heterocycles. The number of esters is 1. The number of ether oxygens (including phenoxy) is 2. The zero-order valence-electron chi connectivity index (χ0n) is 12.6. The van der Waals surface area contributed by atoms with E-state index in [1.807, 2.05) is 0 Å². The number of nitrogens with two attached hydrogens (primary N) is 1. The number of anilines is 1. The summed E-state index contributed by atoms with van der Waals surface area (Å²) >= 11 is 0. The first kappa shape index (κ1) is 17.8. The van der Waals surface area contributed by atoms with E-state index in [0.717, 1.165) is 0 Å². The van der Waals surface area contributed by atoms with E-state index in [4.69, 9.17) is 25.5 Å². The molecule has 1 saturated heterocycles. The molecule has 5 N–H and O–H groups in total. The van der Waals surface area contributed by atoms with E-state index in [1.165, 1.54) is 16.8 Å². The maximum absolute atomic E-state index is 11.8. The van der Waals surface area contributed by atoms with Crippen molar-refractivity contribution >= 4 is 17.8 Å². The maximum atomic E-state index is 11.8. The molecule has 0 bridgehead atoms. The van der Waals surface area contributed by atoms with Crippen LogP contribution in [0.4, 0.5) is 5.82 Å². The van der Waals surface area contributed by atoms with Gasteiger partial charge in [0.25, 0.3) is 0 Å². The Hall–Kier alpha value is -2.50. The van der Waals surface area contributed by atoms with Crippen molar-refractivity contribution in [2.75, 3.05) is 12.1 Å². The number of hydrogen-bond donors (Lipinski definition) is 4. The van der Waals surface area contributed by atoms with E-state index in [9.17, 15) is 14.4 Å². The van der Waals surface area contributed by atoms with Crippen LogP contribution in [0, 0.1) is 0 Å². The van der Waals surface area contributed by atoms with Crippen molar-refractivity contribution in [3.63, 3.8) is 0 Å². The lowest BCUT2D eigenvalue weighted by atomic mass is 10.2. The topological polar surface area (TPSA) is 166 Å². The van der Waals surface area contributed by atoms with Gasteiger partial charge in [0.1, 0.15) is 18.9 Å².